The van der Waals surface area contributed by atoms with Crippen LogP contribution in [0.3, 0.4) is 0 Å². The average Bonchev–Trinajstić information content (AvgIpc) is 3.06. The Bertz CT molecular complexity index is 1060. The SMILES string of the molecule is C=CCOc1ccc(C2C(=C(O)c3ccc(OC(C)C)cc3)C(=O)C(=O)N2CCN(C)C)cc1. The molecule has 1 unspecified atom stereocenters. The number of Topliss-reactive ketones (excluding diaryl/α,β-unsaturated/α-hetero) is 1. The van der Waals surface area contributed by atoms with Gasteiger partial charge < -0.3 is 24.4 Å². The summed E-state index contributed by atoms with van der Waals surface area (Å²) < 4.78 is 11.2. The number of aliphatic hydroxyl groups excluding tert-OH is 1. The maximum absolute atomic E-state index is 13.1. The van der Waals surface area contributed by atoms with E-state index in [1.165, 1.54) is 4.90 Å². The molecule has 0 spiro atoms. The molecule has 0 radical (unpaired) electrons. The van der Waals surface area contributed by atoms with E-state index in [1.807, 2.05) is 45.0 Å². The Morgan fingerprint density at radius 2 is 1.71 bits per heavy atom. The first-order chi connectivity index (χ1) is 16.2. The number of likely N-dealkylation sites (N-methyl/N-ethyl adjacent to an activating group) is 1. The number of carbonyl (C=O) groups excluding carboxylic acids is 2. The number of likely N-dealkylation sites (tertiary alicyclic amines) is 1. The number of aliphatic hydroxyl groups is 1. The zero-order valence-electron chi connectivity index (χ0n) is 20.2. The Labute approximate surface area is 200 Å². The van der Waals surface area contributed by atoms with Crippen LogP contribution in [0.4, 0.5) is 0 Å². The summed E-state index contributed by atoms with van der Waals surface area (Å²) >= 11 is 0. The lowest BCUT2D eigenvalue weighted by Crippen LogP contribution is -2.35. The van der Waals surface area contributed by atoms with Gasteiger partial charge in [-0.2, -0.15) is 0 Å². The first-order valence-electron chi connectivity index (χ1n) is 11.3. The van der Waals surface area contributed by atoms with Crippen LogP contribution in [0.5, 0.6) is 11.5 Å². The van der Waals surface area contributed by atoms with Crippen LogP contribution in [0.25, 0.3) is 5.76 Å². The van der Waals surface area contributed by atoms with Crippen LogP contribution in [-0.4, -0.2) is 66.5 Å². The van der Waals surface area contributed by atoms with E-state index in [2.05, 4.69) is 6.58 Å². The lowest BCUT2D eigenvalue weighted by Gasteiger charge is -2.26. The summed E-state index contributed by atoms with van der Waals surface area (Å²) in [5.41, 5.74) is 1.23. The number of rotatable bonds is 10. The number of ketones is 1. The van der Waals surface area contributed by atoms with Gasteiger partial charge in [0.05, 0.1) is 17.7 Å². The zero-order chi connectivity index (χ0) is 24.8. The maximum atomic E-state index is 13.1. The van der Waals surface area contributed by atoms with Crippen molar-refractivity contribution >= 4 is 17.4 Å². The highest BCUT2D eigenvalue weighted by Crippen LogP contribution is 2.39. The number of nitrogens with zero attached hydrogens (tertiary/aromatic N) is 2. The third-order valence-electron chi connectivity index (χ3n) is 5.39. The molecule has 0 aromatic heterocycles. The fraction of sp³-hybridized carbons (Fsp3) is 0.333. The molecule has 1 aliphatic heterocycles. The van der Waals surface area contributed by atoms with E-state index >= 15 is 0 Å². The van der Waals surface area contributed by atoms with Gasteiger partial charge in [0.2, 0.25) is 0 Å². The number of benzene rings is 2. The predicted molar refractivity (Wildman–Crippen MR) is 132 cm³/mol. The van der Waals surface area contributed by atoms with Gasteiger partial charge in [0.15, 0.2) is 0 Å². The summed E-state index contributed by atoms with van der Waals surface area (Å²) in [6.45, 7) is 8.79. The Morgan fingerprint density at radius 1 is 1.09 bits per heavy atom. The molecule has 1 amide bonds. The number of ether oxygens (including phenoxy) is 2. The Balaban J connectivity index is 2.04. The molecule has 2 aromatic carbocycles. The molecule has 180 valence electrons. The summed E-state index contributed by atoms with van der Waals surface area (Å²) in [5.74, 6) is -0.228. The largest absolute Gasteiger partial charge is 0.507 e. The number of amides is 1. The number of hydrogen-bond acceptors (Lipinski definition) is 6. The van der Waals surface area contributed by atoms with Gasteiger partial charge in [-0.15, -0.1) is 0 Å². The van der Waals surface area contributed by atoms with Crippen molar-refractivity contribution in [1.82, 2.24) is 9.80 Å². The fourth-order valence-corrected chi connectivity index (χ4v) is 3.79. The third kappa shape index (κ3) is 5.66. The summed E-state index contributed by atoms with van der Waals surface area (Å²) in [7, 11) is 3.80. The molecule has 34 heavy (non-hydrogen) atoms. The summed E-state index contributed by atoms with van der Waals surface area (Å²) in [4.78, 5) is 29.5. The molecular weight excluding hydrogens is 432 g/mol. The topological polar surface area (TPSA) is 79.3 Å². The number of carbonyl (C=O) groups is 2. The van der Waals surface area contributed by atoms with Crippen LogP contribution < -0.4 is 9.47 Å². The van der Waals surface area contributed by atoms with Gasteiger partial charge in [0.1, 0.15) is 23.9 Å². The van der Waals surface area contributed by atoms with Gasteiger partial charge in [0.25, 0.3) is 11.7 Å². The Kier molecular flexibility index (Phi) is 8.12. The van der Waals surface area contributed by atoms with Crippen LogP contribution >= 0.6 is 0 Å². The Hall–Kier alpha value is -3.58. The van der Waals surface area contributed by atoms with Crippen molar-refractivity contribution in [2.75, 3.05) is 33.8 Å². The summed E-state index contributed by atoms with van der Waals surface area (Å²) in [6, 6.07) is 13.3. The third-order valence-corrected chi connectivity index (χ3v) is 5.39. The standard InChI is InChI=1S/C27H32N2O5/c1-6-17-33-21-11-7-19(8-12-21)24-23(26(31)27(32)29(24)16-15-28(4)5)25(30)20-9-13-22(14-10-20)34-18(2)3/h6-14,18,24,30H,1,15-17H2,2-5H3. The highest BCUT2D eigenvalue weighted by Gasteiger charge is 2.45. The smallest absolute Gasteiger partial charge is 0.295 e. The monoisotopic (exact) mass is 464 g/mol. The van der Waals surface area contributed by atoms with Gasteiger partial charge in [-0.1, -0.05) is 24.8 Å². The van der Waals surface area contributed by atoms with E-state index in [0.29, 0.717) is 42.3 Å². The van der Waals surface area contributed by atoms with E-state index in [0.717, 1.165) is 0 Å². The molecule has 3 rings (SSSR count). The van der Waals surface area contributed by atoms with Crippen molar-refractivity contribution in [2.24, 2.45) is 0 Å². The minimum atomic E-state index is -0.708. The molecule has 2 aromatic rings. The Morgan fingerprint density at radius 3 is 2.26 bits per heavy atom. The number of hydrogen-bond donors (Lipinski definition) is 1. The fourth-order valence-electron chi connectivity index (χ4n) is 3.79. The second-order valence-corrected chi connectivity index (χ2v) is 8.66. The molecule has 1 atom stereocenters. The second-order valence-electron chi connectivity index (χ2n) is 8.66. The molecule has 1 saturated heterocycles. The predicted octanol–water partition coefficient (Wildman–Crippen LogP) is 4.02. The van der Waals surface area contributed by atoms with E-state index in [-0.39, 0.29) is 17.4 Å². The van der Waals surface area contributed by atoms with Gasteiger partial charge >= 0.3 is 0 Å². The van der Waals surface area contributed by atoms with Gasteiger partial charge in [-0.25, -0.2) is 0 Å². The van der Waals surface area contributed by atoms with Crippen molar-refractivity contribution in [2.45, 2.75) is 26.0 Å². The van der Waals surface area contributed by atoms with Crippen molar-refractivity contribution in [3.8, 4) is 11.5 Å². The van der Waals surface area contributed by atoms with E-state index in [1.54, 1.807) is 42.5 Å². The molecule has 1 heterocycles. The molecule has 0 saturated carbocycles. The first-order valence-corrected chi connectivity index (χ1v) is 11.3. The lowest BCUT2D eigenvalue weighted by atomic mass is 9.95. The van der Waals surface area contributed by atoms with Gasteiger partial charge in [-0.05, 0) is 69.9 Å². The average molecular weight is 465 g/mol. The maximum Gasteiger partial charge on any atom is 0.295 e. The molecule has 0 bridgehead atoms. The van der Waals surface area contributed by atoms with Crippen LogP contribution in [0, 0.1) is 0 Å². The summed E-state index contributed by atoms with van der Waals surface area (Å²) in [6.07, 6.45) is 1.67. The molecule has 1 N–H and O–H groups in total. The first kappa shape index (κ1) is 25.1. The quantitative estimate of drug-likeness (QED) is 0.248. The van der Waals surface area contributed by atoms with Crippen LogP contribution in [0.15, 0.2) is 66.8 Å². The van der Waals surface area contributed by atoms with Crippen LogP contribution in [-0.2, 0) is 9.59 Å². The molecule has 7 heteroatoms. The molecule has 0 aliphatic carbocycles. The van der Waals surface area contributed by atoms with E-state index < -0.39 is 17.7 Å². The van der Waals surface area contributed by atoms with Gasteiger partial charge in [-0.3, -0.25) is 9.59 Å². The molecule has 7 nitrogen and oxygen atoms in total. The zero-order valence-corrected chi connectivity index (χ0v) is 20.2. The second kappa shape index (κ2) is 11.0. The molecular formula is C27H32N2O5. The highest BCUT2D eigenvalue weighted by atomic mass is 16.5. The van der Waals surface area contributed by atoms with Crippen molar-refractivity contribution in [3.05, 3.63) is 77.9 Å². The van der Waals surface area contributed by atoms with Crippen LogP contribution in [0.1, 0.15) is 31.0 Å². The lowest BCUT2D eigenvalue weighted by molar-refractivity contribution is -0.140. The molecule has 1 aliphatic rings. The normalized spacial score (nSPS) is 17.5. The van der Waals surface area contributed by atoms with Crippen molar-refractivity contribution in [1.29, 1.82) is 0 Å². The van der Waals surface area contributed by atoms with Gasteiger partial charge in [0, 0.05) is 18.7 Å². The van der Waals surface area contributed by atoms with E-state index in [4.69, 9.17) is 9.47 Å². The summed E-state index contributed by atoms with van der Waals surface area (Å²) in [5, 5.41) is 11.2. The van der Waals surface area contributed by atoms with Crippen LogP contribution in [0.2, 0.25) is 0 Å². The minimum absolute atomic E-state index is 0.0138. The van der Waals surface area contributed by atoms with E-state index in [9.17, 15) is 14.7 Å². The highest BCUT2D eigenvalue weighted by molar-refractivity contribution is 6.46. The van der Waals surface area contributed by atoms with Crippen molar-refractivity contribution in [3.63, 3.8) is 0 Å². The molecule has 1 fully saturated rings. The minimum Gasteiger partial charge on any atom is -0.507 e. The van der Waals surface area contributed by atoms with Crippen molar-refractivity contribution < 1.29 is 24.2 Å².